The molecule has 1 aliphatic heterocycles. The van der Waals surface area contributed by atoms with Gasteiger partial charge in [-0.1, -0.05) is 0 Å². The van der Waals surface area contributed by atoms with Crippen molar-refractivity contribution in [1.82, 2.24) is 10.4 Å². The quantitative estimate of drug-likeness (QED) is 0.462. The average molecular weight is 243 g/mol. The molecule has 98 valence electrons. The maximum atomic E-state index is 11.3. The minimum absolute atomic E-state index is 0.0168. The number of piperidine rings is 1. The summed E-state index contributed by atoms with van der Waals surface area (Å²) >= 11 is 0. The minimum Gasteiger partial charge on any atom is -0.342 e. The van der Waals surface area contributed by atoms with Crippen LogP contribution in [0, 0.1) is 5.92 Å². The number of carbonyl (C=O) groups excluding carboxylic acids is 2. The second-order valence-electron chi connectivity index (χ2n) is 4.46. The van der Waals surface area contributed by atoms with E-state index in [9.17, 15) is 9.59 Å². The summed E-state index contributed by atoms with van der Waals surface area (Å²) in [6.07, 6.45) is 4.07. The molecule has 0 bridgehead atoms. The van der Waals surface area contributed by atoms with Crippen molar-refractivity contribution < 1.29 is 14.8 Å². The molecule has 1 saturated heterocycles. The number of hydrogen-bond donors (Lipinski definition) is 3. The summed E-state index contributed by atoms with van der Waals surface area (Å²) < 4.78 is 0. The van der Waals surface area contributed by atoms with E-state index in [0.29, 0.717) is 12.3 Å². The van der Waals surface area contributed by atoms with E-state index in [1.54, 1.807) is 10.4 Å². The van der Waals surface area contributed by atoms with Gasteiger partial charge < -0.3 is 10.6 Å². The lowest BCUT2D eigenvalue weighted by atomic mass is 9.91. The summed E-state index contributed by atoms with van der Waals surface area (Å²) in [7, 11) is 0. The second-order valence-corrected chi connectivity index (χ2v) is 4.46. The molecule has 1 rings (SSSR count). The van der Waals surface area contributed by atoms with Crippen LogP contribution in [0.2, 0.25) is 0 Å². The van der Waals surface area contributed by atoms with Gasteiger partial charge in [0.1, 0.15) is 0 Å². The van der Waals surface area contributed by atoms with Gasteiger partial charge >= 0.3 is 0 Å². The van der Waals surface area contributed by atoms with E-state index in [1.807, 2.05) is 0 Å². The van der Waals surface area contributed by atoms with Gasteiger partial charge in [-0.25, -0.2) is 5.48 Å². The Kier molecular flexibility index (Phi) is 5.93. The molecule has 0 aromatic heterocycles. The number of nitrogens with zero attached hydrogens (tertiary/aromatic N) is 1. The fourth-order valence-corrected chi connectivity index (χ4v) is 2.21. The van der Waals surface area contributed by atoms with Crippen molar-refractivity contribution in [3.8, 4) is 0 Å². The van der Waals surface area contributed by atoms with Crippen LogP contribution >= 0.6 is 0 Å². The first-order valence-electron chi connectivity index (χ1n) is 6.08. The zero-order valence-electron chi connectivity index (χ0n) is 10.0. The van der Waals surface area contributed by atoms with Gasteiger partial charge in [0.2, 0.25) is 11.8 Å². The number of rotatable bonds is 5. The Balaban J connectivity index is 2.15. The predicted molar refractivity (Wildman–Crippen MR) is 62.1 cm³/mol. The van der Waals surface area contributed by atoms with Crippen molar-refractivity contribution in [2.45, 2.75) is 32.1 Å². The van der Waals surface area contributed by atoms with Crippen LogP contribution < -0.4 is 11.2 Å². The third-order valence-electron chi connectivity index (χ3n) is 3.28. The summed E-state index contributed by atoms with van der Waals surface area (Å²) in [5.41, 5.74) is 6.93. The van der Waals surface area contributed by atoms with Crippen molar-refractivity contribution in [2.24, 2.45) is 11.7 Å². The summed E-state index contributed by atoms with van der Waals surface area (Å²) in [6, 6.07) is 0. The lowest BCUT2D eigenvalue weighted by molar-refractivity contribution is -0.131. The predicted octanol–water partition coefficient (Wildman–Crippen LogP) is -0.141. The maximum Gasteiger partial charge on any atom is 0.243 e. The Hall–Kier alpha value is -1.14. The Morgan fingerprint density at radius 1 is 1.35 bits per heavy atom. The van der Waals surface area contributed by atoms with Crippen LogP contribution in [-0.4, -0.2) is 41.6 Å². The standard InChI is InChI=1S/C11H21N3O3/c12-8-11(16)14-6-4-9(5-7-14)2-1-3-10(15)13-17/h9,17H,1-8,12H2,(H,13,15). The van der Waals surface area contributed by atoms with Gasteiger partial charge in [0.15, 0.2) is 0 Å². The summed E-state index contributed by atoms with van der Waals surface area (Å²) in [5, 5.41) is 8.34. The molecule has 0 aromatic carbocycles. The third-order valence-corrected chi connectivity index (χ3v) is 3.28. The van der Waals surface area contributed by atoms with Crippen LogP contribution in [0.1, 0.15) is 32.1 Å². The lowest BCUT2D eigenvalue weighted by Crippen LogP contribution is -2.41. The molecular weight excluding hydrogens is 222 g/mol. The van der Waals surface area contributed by atoms with E-state index < -0.39 is 0 Å². The van der Waals surface area contributed by atoms with E-state index in [1.165, 1.54) is 0 Å². The minimum atomic E-state index is -0.333. The SMILES string of the molecule is NCC(=O)N1CCC(CCCC(=O)NO)CC1. The van der Waals surface area contributed by atoms with Crippen LogP contribution in [0.25, 0.3) is 0 Å². The summed E-state index contributed by atoms with van der Waals surface area (Å²) in [5.74, 6) is 0.257. The third kappa shape index (κ3) is 4.70. The zero-order valence-corrected chi connectivity index (χ0v) is 10.0. The molecule has 0 aromatic rings. The van der Waals surface area contributed by atoms with Gasteiger partial charge in [-0.15, -0.1) is 0 Å². The molecule has 2 amide bonds. The van der Waals surface area contributed by atoms with E-state index in [2.05, 4.69) is 0 Å². The van der Waals surface area contributed by atoms with Crippen LogP contribution in [0.5, 0.6) is 0 Å². The van der Waals surface area contributed by atoms with E-state index in [0.717, 1.165) is 38.8 Å². The normalized spacial score (nSPS) is 16.9. The number of amides is 2. The fraction of sp³-hybridized carbons (Fsp3) is 0.818. The molecule has 0 unspecified atom stereocenters. The first-order valence-corrected chi connectivity index (χ1v) is 6.08. The number of hydrogen-bond acceptors (Lipinski definition) is 4. The Morgan fingerprint density at radius 3 is 2.53 bits per heavy atom. The fourth-order valence-electron chi connectivity index (χ4n) is 2.21. The number of nitrogens with two attached hydrogens (primary N) is 1. The molecule has 0 aliphatic carbocycles. The number of nitrogens with one attached hydrogen (secondary N) is 1. The topological polar surface area (TPSA) is 95.7 Å². The van der Waals surface area contributed by atoms with Gasteiger partial charge in [-0.2, -0.15) is 0 Å². The molecule has 6 heteroatoms. The summed E-state index contributed by atoms with van der Waals surface area (Å²) in [6.45, 7) is 1.63. The smallest absolute Gasteiger partial charge is 0.243 e. The molecular formula is C11H21N3O3. The van der Waals surface area contributed by atoms with Gasteiger partial charge in [0, 0.05) is 19.5 Å². The molecule has 1 aliphatic rings. The average Bonchev–Trinajstić information content (AvgIpc) is 2.38. The van der Waals surface area contributed by atoms with Crippen molar-refractivity contribution in [2.75, 3.05) is 19.6 Å². The Morgan fingerprint density at radius 2 is 2.00 bits per heavy atom. The van der Waals surface area contributed by atoms with Crippen molar-refractivity contribution in [3.05, 3.63) is 0 Å². The van der Waals surface area contributed by atoms with Gasteiger partial charge in [-0.3, -0.25) is 14.8 Å². The summed E-state index contributed by atoms with van der Waals surface area (Å²) in [4.78, 5) is 23.9. The van der Waals surface area contributed by atoms with Crippen molar-refractivity contribution >= 4 is 11.8 Å². The first kappa shape index (κ1) is 13.9. The van der Waals surface area contributed by atoms with E-state index in [-0.39, 0.29) is 18.4 Å². The zero-order chi connectivity index (χ0) is 12.7. The first-order chi connectivity index (χ1) is 8.17. The molecule has 0 saturated carbocycles. The second kappa shape index (κ2) is 7.24. The molecule has 1 fully saturated rings. The van der Waals surface area contributed by atoms with E-state index >= 15 is 0 Å². The van der Waals surface area contributed by atoms with Gasteiger partial charge in [0.05, 0.1) is 6.54 Å². The molecule has 4 N–H and O–H groups in total. The Labute approximate surface area is 101 Å². The van der Waals surface area contributed by atoms with Crippen molar-refractivity contribution in [3.63, 3.8) is 0 Å². The molecule has 6 nitrogen and oxygen atoms in total. The lowest BCUT2D eigenvalue weighted by Gasteiger charge is -2.31. The highest BCUT2D eigenvalue weighted by molar-refractivity contribution is 5.78. The molecule has 1 heterocycles. The number of hydroxylamine groups is 1. The highest BCUT2D eigenvalue weighted by Crippen LogP contribution is 2.22. The number of likely N-dealkylation sites (tertiary alicyclic amines) is 1. The van der Waals surface area contributed by atoms with Crippen molar-refractivity contribution in [1.29, 1.82) is 0 Å². The molecule has 0 radical (unpaired) electrons. The van der Waals surface area contributed by atoms with Gasteiger partial charge in [0.25, 0.3) is 0 Å². The number of carbonyl (C=O) groups is 2. The van der Waals surface area contributed by atoms with E-state index in [4.69, 9.17) is 10.9 Å². The monoisotopic (exact) mass is 243 g/mol. The Bertz CT molecular complexity index is 260. The van der Waals surface area contributed by atoms with Crippen LogP contribution in [0.15, 0.2) is 0 Å². The highest BCUT2D eigenvalue weighted by atomic mass is 16.5. The molecule has 0 atom stereocenters. The van der Waals surface area contributed by atoms with Crippen LogP contribution in [0.3, 0.4) is 0 Å². The van der Waals surface area contributed by atoms with Crippen LogP contribution in [0.4, 0.5) is 0 Å². The molecule has 17 heavy (non-hydrogen) atoms. The van der Waals surface area contributed by atoms with Gasteiger partial charge in [-0.05, 0) is 31.6 Å². The molecule has 0 spiro atoms. The highest BCUT2D eigenvalue weighted by Gasteiger charge is 2.21. The maximum absolute atomic E-state index is 11.3. The largest absolute Gasteiger partial charge is 0.342 e. The van der Waals surface area contributed by atoms with Crippen LogP contribution in [-0.2, 0) is 9.59 Å².